The van der Waals surface area contributed by atoms with Gasteiger partial charge >= 0.3 is 0 Å². The van der Waals surface area contributed by atoms with Crippen LogP contribution in [0.4, 0.5) is 0 Å². The molecule has 1 aliphatic rings. The van der Waals surface area contributed by atoms with Crippen molar-refractivity contribution in [1.29, 1.82) is 0 Å². The number of aromatic nitrogens is 1. The lowest BCUT2D eigenvalue weighted by molar-refractivity contribution is -0.122. The number of amides is 1. The van der Waals surface area contributed by atoms with Crippen LogP contribution >= 0.6 is 0 Å². The van der Waals surface area contributed by atoms with Gasteiger partial charge in [0.05, 0.1) is 0 Å². The number of benzene rings is 1. The fourth-order valence-electron chi connectivity index (χ4n) is 2.37. The van der Waals surface area contributed by atoms with Crippen molar-refractivity contribution in [3.05, 3.63) is 66.0 Å². The molecule has 1 fully saturated rings. The van der Waals surface area contributed by atoms with E-state index in [2.05, 4.69) is 22.4 Å². The number of rotatable bonds is 4. The van der Waals surface area contributed by atoms with E-state index in [1.54, 1.807) is 12.4 Å². The van der Waals surface area contributed by atoms with Gasteiger partial charge in [0.25, 0.3) is 0 Å². The van der Waals surface area contributed by atoms with Gasteiger partial charge in [-0.1, -0.05) is 30.3 Å². The van der Waals surface area contributed by atoms with Crippen molar-refractivity contribution < 1.29 is 4.79 Å². The fraction of sp³-hybridized carbons (Fsp3) is 0.250. The van der Waals surface area contributed by atoms with E-state index in [4.69, 9.17) is 0 Å². The number of hydrogen-bond acceptors (Lipinski definition) is 2. The summed E-state index contributed by atoms with van der Waals surface area (Å²) in [6.45, 7) is 0.583. The molecule has 2 atom stereocenters. The van der Waals surface area contributed by atoms with E-state index in [1.165, 1.54) is 5.56 Å². The van der Waals surface area contributed by atoms with Crippen LogP contribution in [-0.4, -0.2) is 10.9 Å². The molecule has 0 aliphatic heterocycles. The van der Waals surface area contributed by atoms with Crippen LogP contribution in [0, 0.1) is 5.92 Å². The van der Waals surface area contributed by atoms with E-state index < -0.39 is 0 Å². The Morgan fingerprint density at radius 2 is 1.89 bits per heavy atom. The van der Waals surface area contributed by atoms with E-state index in [0.29, 0.717) is 12.5 Å². The number of carbonyl (C=O) groups is 1. The van der Waals surface area contributed by atoms with Crippen molar-refractivity contribution in [2.75, 3.05) is 0 Å². The van der Waals surface area contributed by atoms with Gasteiger partial charge in [0.1, 0.15) is 0 Å². The molecule has 1 amide bonds. The second-order valence-electron chi connectivity index (χ2n) is 4.93. The summed E-state index contributed by atoms with van der Waals surface area (Å²) in [6.07, 6.45) is 4.45. The van der Waals surface area contributed by atoms with Gasteiger partial charge in [0.2, 0.25) is 5.91 Å². The van der Waals surface area contributed by atoms with Gasteiger partial charge < -0.3 is 5.32 Å². The first-order valence-corrected chi connectivity index (χ1v) is 6.56. The van der Waals surface area contributed by atoms with Crippen molar-refractivity contribution in [2.45, 2.75) is 18.9 Å². The van der Waals surface area contributed by atoms with Gasteiger partial charge in [-0.3, -0.25) is 9.78 Å². The van der Waals surface area contributed by atoms with Crippen LogP contribution in [-0.2, 0) is 11.3 Å². The molecule has 0 spiro atoms. The molecule has 3 heteroatoms. The second-order valence-corrected chi connectivity index (χ2v) is 4.93. The highest BCUT2D eigenvalue weighted by Crippen LogP contribution is 2.47. The predicted octanol–water partition coefficient (Wildman–Crippen LogP) is 2.50. The van der Waals surface area contributed by atoms with Crippen LogP contribution in [0.1, 0.15) is 23.5 Å². The number of nitrogens with zero attached hydrogens (tertiary/aromatic N) is 1. The Bertz CT molecular complexity index is 553. The Kier molecular flexibility index (Phi) is 3.27. The molecule has 1 aliphatic carbocycles. The third-order valence-electron chi connectivity index (χ3n) is 3.57. The summed E-state index contributed by atoms with van der Waals surface area (Å²) in [4.78, 5) is 16.0. The first kappa shape index (κ1) is 11.9. The lowest BCUT2D eigenvalue weighted by Crippen LogP contribution is -2.24. The Hall–Kier alpha value is -2.16. The molecule has 1 saturated carbocycles. The minimum absolute atomic E-state index is 0.143. The zero-order chi connectivity index (χ0) is 13.1. The molecule has 3 nitrogen and oxygen atoms in total. The SMILES string of the molecule is O=C(NCc1ccncc1)[C@@H]1C[C@@H]1c1ccccc1. The highest BCUT2D eigenvalue weighted by Gasteiger charge is 2.43. The molecule has 1 aromatic heterocycles. The summed E-state index contributed by atoms with van der Waals surface area (Å²) in [7, 11) is 0. The van der Waals surface area contributed by atoms with E-state index in [-0.39, 0.29) is 11.8 Å². The van der Waals surface area contributed by atoms with Crippen molar-refractivity contribution >= 4 is 5.91 Å². The van der Waals surface area contributed by atoms with Crippen molar-refractivity contribution in [3.63, 3.8) is 0 Å². The molecule has 1 heterocycles. The van der Waals surface area contributed by atoms with Gasteiger partial charge in [0.15, 0.2) is 0 Å². The van der Waals surface area contributed by atoms with Crippen LogP contribution in [0.5, 0.6) is 0 Å². The smallest absolute Gasteiger partial charge is 0.224 e. The average Bonchev–Trinajstić information content (AvgIpc) is 3.27. The standard InChI is InChI=1S/C16H16N2O/c19-16(18-11-12-6-8-17-9-7-12)15-10-14(15)13-4-2-1-3-5-13/h1-9,14-15H,10-11H2,(H,18,19)/t14-,15-/m1/s1. The molecule has 96 valence electrons. The van der Waals surface area contributed by atoms with Crippen LogP contribution in [0.25, 0.3) is 0 Å². The average molecular weight is 252 g/mol. The van der Waals surface area contributed by atoms with Gasteiger partial charge in [-0.2, -0.15) is 0 Å². The summed E-state index contributed by atoms with van der Waals surface area (Å²) < 4.78 is 0. The van der Waals surface area contributed by atoms with Gasteiger partial charge in [0, 0.05) is 24.9 Å². The summed E-state index contributed by atoms with van der Waals surface area (Å²) in [5.41, 5.74) is 2.35. The number of hydrogen-bond donors (Lipinski definition) is 1. The zero-order valence-electron chi connectivity index (χ0n) is 10.6. The molecule has 0 saturated heterocycles. The Morgan fingerprint density at radius 3 is 2.63 bits per heavy atom. The molecule has 3 rings (SSSR count). The van der Waals surface area contributed by atoms with E-state index in [9.17, 15) is 4.79 Å². The minimum Gasteiger partial charge on any atom is -0.352 e. The third-order valence-corrected chi connectivity index (χ3v) is 3.57. The van der Waals surface area contributed by atoms with Crippen molar-refractivity contribution in [2.24, 2.45) is 5.92 Å². The summed E-state index contributed by atoms with van der Waals surface area (Å²) in [5, 5.41) is 2.99. The second kappa shape index (κ2) is 5.22. The fourth-order valence-corrected chi connectivity index (χ4v) is 2.37. The van der Waals surface area contributed by atoms with E-state index in [0.717, 1.165) is 12.0 Å². The normalized spacial score (nSPS) is 20.8. The minimum atomic E-state index is 0.143. The van der Waals surface area contributed by atoms with Crippen molar-refractivity contribution in [1.82, 2.24) is 10.3 Å². The molecule has 1 aromatic carbocycles. The zero-order valence-corrected chi connectivity index (χ0v) is 10.6. The molecule has 0 radical (unpaired) electrons. The Balaban J connectivity index is 1.53. The summed E-state index contributed by atoms with van der Waals surface area (Å²) in [6, 6.07) is 14.1. The largest absolute Gasteiger partial charge is 0.352 e. The number of carbonyl (C=O) groups excluding carboxylic acids is 1. The highest BCUT2D eigenvalue weighted by molar-refractivity contribution is 5.82. The topological polar surface area (TPSA) is 42.0 Å². The van der Waals surface area contributed by atoms with Crippen LogP contribution in [0.15, 0.2) is 54.9 Å². The lowest BCUT2D eigenvalue weighted by Gasteiger charge is -2.05. The molecule has 0 bridgehead atoms. The number of nitrogens with one attached hydrogen (secondary N) is 1. The highest BCUT2D eigenvalue weighted by atomic mass is 16.2. The molecular weight excluding hydrogens is 236 g/mol. The van der Waals surface area contributed by atoms with E-state index in [1.807, 2.05) is 30.3 Å². The molecular formula is C16H16N2O. The first-order chi connectivity index (χ1) is 9.34. The Morgan fingerprint density at radius 1 is 1.16 bits per heavy atom. The maximum atomic E-state index is 12.0. The van der Waals surface area contributed by atoms with Gasteiger partial charge in [-0.15, -0.1) is 0 Å². The third kappa shape index (κ3) is 2.81. The predicted molar refractivity (Wildman–Crippen MR) is 73.4 cm³/mol. The molecule has 1 N–H and O–H groups in total. The molecule has 19 heavy (non-hydrogen) atoms. The Labute approximate surface area is 112 Å². The number of pyridine rings is 1. The summed E-state index contributed by atoms with van der Waals surface area (Å²) in [5.74, 6) is 0.702. The van der Waals surface area contributed by atoms with Crippen LogP contribution in [0.2, 0.25) is 0 Å². The quantitative estimate of drug-likeness (QED) is 0.908. The lowest BCUT2D eigenvalue weighted by atomic mass is 10.1. The van der Waals surface area contributed by atoms with Gasteiger partial charge in [-0.05, 0) is 35.6 Å². The van der Waals surface area contributed by atoms with Crippen LogP contribution in [0.3, 0.4) is 0 Å². The summed E-state index contributed by atoms with van der Waals surface area (Å²) >= 11 is 0. The van der Waals surface area contributed by atoms with Gasteiger partial charge in [-0.25, -0.2) is 0 Å². The maximum absolute atomic E-state index is 12.0. The van der Waals surface area contributed by atoms with E-state index >= 15 is 0 Å². The van der Waals surface area contributed by atoms with Crippen molar-refractivity contribution in [3.8, 4) is 0 Å². The molecule has 0 unspecified atom stereocenters. The maximum Gasteiger partial charge on any atom is 0.224 e. The first-order valence-electron chi connectivity index (χ1n) is 6.56. The van der Waals surface area contributed by atoms with Crippen LogP contribution < -0.4 is 5.32 Å². The molecule has 2 aromatic rings. The monoisotopic (exact) mass is 252 g/mol.